The van der Waals surface area contributed by atoms with E-state index in [1.807, 2.05) is 0 Å². The predicted octanol–water partition coefficient (Wildman–Crippen LogP) is 2.43. The number of amides is 1. The second kappa shape index (κ2) is 7.52. The van der Waals surface area contributed by atoms with Gasteiger partial charge in [0, 0.05) is 11.1 Å². The smallest absolute Gasteiger partial charge is 0.416 e. The summed E-state index contributed by atoms with van der Waals surface area (Å²) >= 11 is 1.02. The van der Waals surface area contributed by atoms with E-state index in [9.17, 15) is 22.8 Å². The van der Waals surface area contributed by atoms with Crippen LogP contribution < -0.4 is 14.9 Å². The molecule has 0 unspecified atom stereocenters. The molecule has 2 rings (SSSR count). The molecule has 0 aliphatic carbocycles. The second-order valence-corrected chi connectivity index (χ2v) is 5.77. The summed E-state index contributed by atoms with van der Waals surface area (Å²) in [7, 11) is 0. The summed E-state index contributed by atoms with van der Waals surface area (Å²) in [5.41, 5.74) is -0.0409. The van der Waals surface area contributed by atoms with Crippen molar-refractivity contribution in [1.29, 1.82) is 0 Å². The molecule has 0 saturated heterocycles. The average molecular weight is 360 g/mol. The number of carbonyl (C=O) groups is 1. The van der Waals surface area contributed by atoms with Gasteiger partial charge in [0.2, 0.25) is 5.91 Å². The SMILES string of the molecule is Cc1csc(=O)n1CC(=O)NCCOc1ccc(C(F)(F)F)cc1. The van der Waals surface area contributed by atoms with Crippen molar-refractivity contribution in [3.8, 4) is 5.75 Å². The Kier molecular flexibility index (Phi) is 5.66. The van der Waals surface area contributed by atoms with Gasteiger partial charge < -0.3 is 10.1 Å². The van der Waals surface area contributed by atoms with E-state index in [2.05, 4.69) is 5.32 Å². The highest BCUT2D eigenvalue weighted by Crippen LogP contribution is 2.30. The van der Waals surface area contributed by atoms with Crippen LogP contribution in [0.1, 0.15) is 11.3 Å². The molecule has 0 bridgehead atoms. The predicted molar refractivity (Wildman–Crippen MR) is 83.3 cm³/mol. The highest BCUT2D eigenvalue weighted by Gasteiger charge is 2.29. The Bertz CT molecular complexity index is 751. The standard InChI is InChI=1S/C15H15F3N2O3S/c1-10-9-24-14(22)20(10)8-13(21)19-6-7-23-12-4-2-11(3-5-12)15(16,17)18/h2-5,9H,6-8H2,1H3,(H,19,21). The lowest BCUT2D eigenvalue weighted by Gasteiger charge is -2.10. The first-order chi connectivity index (χ1) is 11.3. The van der Waals surface area contributed by atoms with E-state index in [1.54, 1.807) is 12.3 Å². The van der Waals surface area contributed by atoms with Crippen LogP contribution in [0.5, 0.6) is 5.75 Å². The molecule has 130 valence electrons. The van der Waals surface area contributed by atoms with Crippen molar-refractivity contribution in [1.82, 2.24) is 9.88 Å². The quantitative estimate of drug-likeness (QED) is 0.805. The molecule has 24 heavy (non-hydrogen) atoms. The highest BCUT2D eigenvalue weighted by atomic mass is 32.1. The van der Waals surface area contributed by atoms with Crippen LogP contribution in [-0.4, -0.2) is 23.6 Å². The van der Waals surface area contributed by atoms with Gasteiger partial charge in [-0.05, 0) is 31.2 Å². The first-order valence-corrected chi connectivity index (χ1v) is 7.87. The molecule has 0 spiro atoms. The maximum absolute atomic E-state index is 12.4. The van der Waals surface area contributed by atoms with E-state index in [4.69, 9.17) is 4.74 Å². The van der Waals surface area contributed by atoms with Crippen LogP contribution in [0.3, 0.4) is 0 Å². The number of rotatable bonds is 6. The van der Waals surface area contributed by atoms with Crippen molar-refractivity contribution in [2.24, 2.45) is 0 Å². The minimum absolute atomic E-state index is 0.0750. The van der Waals surface area contributed by atoms with Crippen molar-refractivity contribution >= 4 is 17.2 Å². The minimum atomic E-state index is -4.38. The Morgan fingerprint density at radius 2 is 1.96 bits per heavy atom. The fourth-order valence-electron chi connectivity index (χ4n) is 1.90. The number of hydrogen-bond acceptors (Lipinski definition) is 4. The Morgan fingerprint density at radius 1 is 1.29 bits per heavy atom. The number of thiazole rings is 1. The zero-order chi connectivity index (χ0) is 17.7. The molecule has 1 aromatic heterocycles. The number of carbonyl (C=O) groups excluding carboxylic acids is 1. The molecule has 1 aromatic carbocycles. The summed E-state index contributed by atoms with van der Waals surface area (Å²) in [5, 5.41) is 4.25. The second-order valence-electron chi connectivity index (χ2n) is 4.95. The lowest BCUT2D eigenvalue weighted by atomic mass is 10.2. The van der Waals surface area contributed by atoms with E-state index in [1.165, 1.54) is 16.7 Å². The number of ether oxygens (including phenoxy) is 1. The molecule has 0 aliphatic heterocycles. The molecule has 0 atom stereocenters. The van der Waals surface area contributed by atoms with Gasteiger partial charge in [0.15, 0.2) is 0 Å². The molecule has 1 heterocycles. The number of alkyl halides is 3. The first kappa shape index (κ1) is 18.1. The molecule has 0 radical (unpaired) electrons. The number of aryl methyl sites for hydroxylation is 1. The topological polar surface area (TPSA) is 60.3 Å². The van der Waals surface area contributed by atoms with Crippen molar-refractivity contribution < 1.29 is 22.7 Å². The number of aromatic nitrogens is 1. The molecule has 1 amide bonds. The summed E-state index contributed by atoms with van der Waals surface area (Å²) in [4.78, 5) is 23.0. The van der Waals surface area contributed by atoms with E-state index >= 15 is 0 Å². The maximum atomic E-state index is 12.4. The number of benzene rings is 1. The van der Waals surface area contributed by atoms with Gasteiger partial charge in [0.05, 0.1) is 12.1 Å². The zero-order valence-corrected chi connectivity index (χ0v) is 13.5. The Balaban J connectivity index is 1.75. The van der Waals surface area contributed by atoms with Crippen molar-refractivity contribution in [3.63, 3.8) is 0 Å². The van der Waals surface area contributed by atoms with Gasteiger partial charge in [0.25, 0.3) is 0 Å². The van der Waals surface area contributed by atoms with Crippen LogP contribution in [0.15, 0.2) is 34.4 Å². The van der Waals surface area contributed by atoms with Gasteiger partial charge in [-0.25, -0.2) is 0 Å². The summed E-state index contributed by atoms with van der Waals surface area (Å²) in [6, 6.07) is 4.30. The lowest BCUT2D eigenvalue weighted by molar-refractivity contribution is -0.137. The number of nitrogens with one attached hydrogen (secondary N) is 1. The van der Waals surface area contributed by atoms with Gasteiger partial charge in [-0.2, -0.15) is 13.2 Å². The minimum Gasteiger partial charge on any atom is -0.492 e. The summed E-state index contributed by atoms with van der Waals surface area (Å²) in [5.74, 6) is -0.0585. The lowest BCUT2D eigenvalue weighted by Crippen LogP contribution is -2.33. The van der Waals surface area contributed by atoms with E-state index in [0.29, 0.717) is 5.69 Å². The molecule has 5 nitrogen and oxygen atoms in total. The van der Waals surface area contributed by atoms with Crippen molar-refractivity contribution in [2.45, 2.75) is 19.6 Å². The molecule has 0 fully saturated rings. The average Bonchev–Trinajstić information content (AvgIpc) is 2.83. The van der Waals surface area contributed by atoms with E-state index in [0.717, 1.165) is 23.5 Å². The number of halogens is 3. The molecular formula is C15H15F3N2O3S. The molecule has 2 aromatic rings. The maximum Gasteiger partial charge on any atom is 0.416 e. The Labute approximate surface area is 139 Å². The third-order valence-electron chi connectivity index (χ3n) is 3.15. The third kappa shape index (κ3) is 4.85. The van der Waals surface area contributed by atoms with E-state index < -0.39 is 11.7 Å². The highest BCUT2D eigenvalue weighted by molar-refractivity contribution is 7.07. The van der Waals surface area contributed by atoms with Crippen LogP contribution >= 0.6 is 11.3 Å². The molecule has 1 N–H and O–H groups in total. The summed E-state index contributed by atoms with van der Waals surface area (Å²) in [6.45, 7) is 1.94. The van der Waals surface area contributed by atoms with Crippen molar-refractivity contribution in [2.75, 3.05) is 13.2 Å². The monoisotopic (exact) mass is 360 g/mol. The van der Waals surface area contributed by atoms with Crippen LogP contribution in [0.4, 0.5) is 13.2 Å². The van der Waals surface area contributed by atoms with Crippen LogP contribution in [-0.2, 0) is 17.5 Å². The summed E-state index contributed by atoms with van der Waals surface area (Å²) in [6.07, 6.45) is -4.38. The number of hydrogen-bond donors (Lipinski definition) is 1. The molecular weight excluding hydrogens is 345 g/mol. The van der Waals surface area contributed by atoms with Crippen LogP contribution in [0.2, 0.25) is 0 Å². The Hall–Kier alpha value is -2.29. The van der Waals surface area contributed by atoms with Gasteiger partial charge in [-0.15, -0.1) is 0 Å². The largest absolute Gasteiger partial charge is 0.492 e. The molecule has 0 aliphatic rings. The van der Waals surface area contributed by atoms with E-state index in [-0.39, 0.29) is 36.2 Å². The van der Waals surface area contributed by atoms with Crippen LogP contribution in [0, 0.1) is 6.92 Å². The van der Waals surface area contributed by atoms with Crippen molar-refractivity contribution in [3.05, 3.63) is 50.6 Å². The fraction of sp³-hybridized carbons (Fsp3) is 0.333. The summed E-state index contributed by atoms with van der Waals surface area (Å²) < 4.78 is 43.9. The van der Waals surface area contributed by atoms with Gasteiger partial charge in [-0.1, -0.05) is 11.3 Å². The Morgan fingerprint density at radius 3 is 2.50 bits per heavy atom. The van der Waals surface area contributed by atoms with Gasteiger partial charge >= 0.3 is 11.0 Å². The molecule has 0 saturated carbocycles. The fourth-order valence-corrected chi connectivity index (χ4v) is 2.63. The van der Waals surface area contributed by atoms with Gasteiger partial charge in [-0.3, -0.25) is 14.2 Å². The van der Waals surface area contributed by atoms with Crippen LogP contribution in [0.25, 0.3) is 0 Å². The molecule has 9 heteroatoms. The number of nitrogens with zero attached hydrogens (tertiary/aromatic N) is 1. The normalized spacial score (nSPS) is 11.3. The third-order valence-corrected chi connectivity index (χ3v) is 4.03. The van der Waals surface area contributed by atoms with Gasteiger partial charge in [0.1, 0.15) is 18.9 Å². The zero-order valence-electron chi connectivity index (χ0n) is 12.7. The first-order valence-electron chi connectivity index (χ1n) is 6.99.